The van der Waals surface area contributed by atoms with Crippen LogP contribution in [0.2, 0.25) is 0 Å². The molecule has 30 heavy (non-hydrogen) atoms. The number of carbonyl (C=O) groups is 2. The van der Waals surface area contributed by atoms with Crippen molar-refractivity contribution in [2.24, 2.45) is 4.99 Å². The van der Waals surface area contributed by atoms with E-state index < -0.39 is 0 Å². The van der Waals surface area contributed by atoms with Gasteiger partial charge < -0.3 is 20.4 Å². The Hall–Kier alpha value is -2.57. The standard InChI is InChI=1S/C23H37N5O2/c1-3-24-23(25-15-10-18-28-17-9-5-8-13-22(28)30)26-16-14-21(29)27(2)19-20-11-6-4-7-12-20/h4,6-7,11-12H,3,5,8-10,13-19H2,1-2H3,(H2,24,25,26). The number of guanidine groups is 1. The molecule has 1 saturated heterocycles. The average molecular weight is 416 g/mol. The van der Waals surface area contributed by atoms with Gasteiger partial charge in [0.2, 0.25) is 11.8 Å². The lowest BCUT2D eigenvalue weighted by Crippen LogP contribution is -2.39. The van der Waals surface area contributed by atoms with Crippen LogP contribution in [0.25, 0.3) is 0 Å². The van der Waals surface area contributed by atoms with Gasteiger partial charge >= 0.3 is 0 Å². The maximum Gasteiger partial charge on any atom is 0.224 e. The molecule has 0 radical (unpaired) electrons. The van der Waals surface area contributed by atoms with Crippen molar-refractivity contribution in [2.45, 2.75) is 52.0 Å². The van der Waals surface area contributed by atoms with E-state index in [2.05, 4.69) is 15.6 Å². The maximum absolute atomic E-state index is 12.4. The van der Waals surface area contributed by atoms with Crippen molar-refractivity contribution in [2.75, 3.05) is 39.8 Å². The van der Waals surface area contributed by atoms with Crippen molar-refractivity contribution in [3.8, 4) is 0 Å². The summed E-state index contributed by atoms with van der Waals surface area (Å²) in [6.45, 7) is 6.23. The lowest BCUT2D eigenvalue weighted by atomic mass is 10.2. The SMILES string of the molecule is CCNC(=NCCCN1CCCCCC1=O)NCCC(=O)N(C)Cc1ccccc1. The molecule has 1 heterocycles. The molecule has 1 aromatic carbocycles. The van der Waals surface area contributed by atoms with E-state index >= 15 is 0 Å². The van der Waals surface area contributed by atoms with Gasteiger partial charge in [-0.3, -0.25) is 14.6 Å². The molecule has 2 N–H and O–H groups in total. The van der Waals surface area contributed by atoms with E-state index in [-0.39, 0.29) is 11.8 Å². The Balaban J connectivity index is 1.69. The molecule has 0 unspecified atom stereocenters. The van der Waals surface area contributed by atoms with Crippen LogP contribution >= 0.6 is 0 Å². The Morgan fingerprint density at radius 3 is 2.73 bits per heavy atom. The molecule has 1 aromatic rings. The van der Waals surface area contributed by atoms with E-state index in [1.54, 1.807) is 4.90 Å². The van der Waals surface area contributed by atoms with Crippen LogP contribution in [0.3, 0.4) is 0 Å². The highest BCUT2D eigenvalue weighted by molar-refractivity contribution is 5.81. The molecule has 0 atom stereocenters. The second-order valence-electron chi connectivity index (χ2n) is 7.72. The first kappa shape index (κ1) is 23.7. The number of benzene rings is 1. The van der Waals surface area contributed by atoms with E-state index in [1.165, 1.54) is 0 Å². The molecule has 1 aliphatic heterocycles. The summed E-state index contributed by atoms with van der Waals surface area (Å²) < 4.78 is 0. The zero-order valence-electron chi connectivity index (χ0n) is 18.5. The Morgan fingerprint density at radius 1 is 1.17 bits per heavy atom. The van der Waals surface area contributed by atoms with Gasteiger partial charge in [-0.15, -0.1) is 0 Å². The van der Waals surface area contributed by atoms with Gasteiger partial charge in [0.15, 0.2) is 5.96 Å². The zero-order valence-corrected chi connectivity index (χ0v) is 18.5. The fourth-order valence-electron chi connectivity index (χ4n) is 3.49. The Morgan fingerprint density at radius 2 is 1.97 bits per heavy atom. The molecular weight excluding hydrogens is 378 g/mol. The van der Waals surface area contributed by atoms with Crippen LogP contribution in [0.5, 0.6) is 0 Å². The van der Waals surface area contributed by atoms with E-state index in [4.69, 9.17) is 0 Å². The van der Waals surface area contributed by atoms with Gasteiger partial charge in [0.25, 0.3) is 0 Å². The van der Waals surface area contributed by atoms with Crippen molar-refractivity contribution < 1.29 is 9.59 Å². The Bertz CT molecular complexity index is 677. The Kier molecular flexibility index (Phi) is 10.8. The van der Waals surface area contributed by atoms with E-state index in [9.17, 15) is 9.59 Å². The van der Waals surface area contributed by atoms with Crippen molar-refractivity contribution in [3.05, 3.63) is 35.9 Å². The molecule has 0 aromatic heterocycles. The smallest absolute Gasteiger partial charge is 0.224 e. The van der Waals surface area contributed by atoms with E-state index in [1.807, 2.05) is 49.2 Å². The third-order valence-electron chi connectivity index (χ3n) is 5.19. The van der Waals surface area contributed by atoms with Crippen molar-refractivity contribution in [3.63, 3.8) is 0 Å². The molecule has 1 aliphatic rings. The molecule has 0 spiro atoms. The summed E-state index contributed by atoms with van der Waals surface area (Å²) in [4.78, 5) is 32.7. The zero-order chi connectivity index (χ0) is 21.6. The third kappa shape index (κ3) is 8.84. The van der Waals surface area contributed by atoms with E-state index in [0.29, 0.717) is 32.5 Å². The first-order valence-corrected chi connectivity index (χ1v) is 11.2. The minimum atomic E-state index is 0.0990. The van der Waals surface area contributed by atoms with Crippen molar-refractivity contribution in [1.82, 2.24) is 20.4 Å². The summed E-state index contributed by atoms with van der Waals surface area (Å²) in [7, 11) is 1.83. The quantitative estimate of drug-likeness (QED) is 0.349. The normalized spacial score (nSPS) is 14.9. The predicted molar refractivity (Wildman–Crippen MR) is 121 cm³/mol. The predicted octanol–water partition coefficient (Wildman–Crippen LogP) is 2.38. The van der Waals surface area contributed by atoms with Crippen LogP contribution in [0.4, 0.5) is 0 Å². The molecule has 0 aliphatic carbocycles. The van der Waals surface area contributed by atoms with Crippen LogP contribution < -0.4 is 10.6 Å². The summed E-state index contributed by atoms with van der Waals surface area (Å²) in [5.41, 5.74) is 1.12. The number of carbonyl (C=O) groups excluding carboxylic acids is 2. The molecule has 2 amide bonds. The molecule has 0 saturated carbocycles. The van der Waals surface area contributed by atoms with Gasteiger partial charge in [-0.05, 0) is 31.7 Å². The molecule has 166 valence electrons. The molecule has 7 heteroatoms. The van der Waals surface area contributed by atoms with Crippen LogP contribution in [-0.4, -0.2) is 67.3 Å². The van der Waals surface area contributed by atoms with Crippen molar-refractivity contribution in [1.29, 1.82) is 0 Å². The number of likely N-dealkylation sites (tertiary alicyclic amines) is 1. The first-order valence-electron chi connectivity index (χ1n) is 11.2. The summed E-state index contributed by atoms with van der Waals surface area (Å²) in [5.74, 6) is 1.10. The monoisotopic (exact) mass is 415 g/mol. The number of hydrogen-bond donors (Lipinski definition) is 2. The Labute approximate surface area is 180 Å². The first-order chi connectivity index (χ1) is 14.6. The number of amides is 2. The highest BCUT2D eigenvalue weighted by Crippen LogP contribution is 2.11. The fourth-order valence-corrected chi connectivity index (χ4v) is 3.49. The van der Waals surface area contributed by atoms with Gasteiger partial charge in [0.05, 0.1) is 0 Å². The third-order valence-corrected chi connectivity index (χ3v) is 5.19. The topological polar surface area (TPSA) is 77.0 Å². The summed E-state index contributed by atoms with van der Waals surface area (Å²) in [6, 6.07) is 9.99. The highest BCUT2D eigenvalue weighted by atomic mass is 16.2. The van der Waals surface area contributed by atoms with Crippen LogP contribution in [0, 0.1) is 0 Å². The van der Waals surface area contributed by atoms with Crippen LogP contribution in [-0.2, 0) is 16.1 Å². The van der Waals surface area contributed by atoms with Crippen LogP contribution in [0.15, 0.2) is 35.3 Å². The summed E-state index contributed by atoms with van der Waals surface area (Å²) in [5, 5.41) is 6.45. The lowest BCUT2D eigenvalue weighted by Gasteiger charge is -2.20. The minimum absolute atomic E-state index is 0.0990. The number of rotatable bonds is 10. The second-order valence-corrected chi connectivity index (χ2v) is 7.72. The van der Waals surface area contributed by atoms with Gasteiger partial charge in [-0.1, -0.05) is 36.8 Å². The van der Waals surface area contributed by atoms with Gasteiger partial charge in [-0.2, -0.15) is 0 Å². The van der Waals surface area contributed by atoms with Gasteiger partial charge in [0.1, 0.15) is 0 Å². The summed E-state index contributed by atoms with van der Waals surface area (Å²) >= 11 is 0. The number of nitrogens with one attached hydrogen (secondary N) is 2. The fraction of sp³-hybridized carbons (Fsp3) is 0.609. The van der Waals surface area contributed by atoms with Gasteiger partial charge in [-0.25, -0.2) is 0 Å². The molecule has 2 rings (SSSR count). The summed E-state index contributed by atoms with van der Waals surface area (Å²) in [6.07, 6.45) is 5.21. The molecule has 1 fully saturated rings. The second kappa shape index (κ2) is 13.6. The molecule has 0 bridgehead atoms. The number of hydrogen-bond acceptors (Lipinski definition) is 3. The molecule has 7 nitrogen and oxygen atoms in total. The van der Waals surface area contributed by atoms with Crippen molar-refractivity contribution >= 4 is 17.8 Å². The largest absolute Gasteiger partial charge is 0.357 e. The lowest BCUT2D eigenvalue weighted by molar-refractivity contribution is -0.131. The minimum Gasteiger partial charge on any atom is -0.357 e. The number of nitrogens with zero attached hydrogens (tertiary/aromatic N) is 3. The highest BCUT2D eigenvalue weighted by Gasteiger charge is 2.15. The van der Waals surface area contributed by atoms with E-state index in [0.717, 1.165) is 56.8 Å². The number of aliphatic imine (C=N–C) groups is 1. The maximum atomic E-state index is 12.4. The average Bonchev–Trinajstić information content (AvgIpc) is 2.95. The van der Waals surface area contributed by atoms with Gasteiger partial charge in [0, 0.05) is 59.2 Å². The van der Waals surface area contributed by atoms with Crippen LogP contribution in [0.1, 0.15) is 51.0 Å². The molecular formula is C23H37N5O2.